The predicted octanol–water partition coefficient (Wildman–Crippen LogP) is 9.33. The van der Waals surface area contributed by atoms with E-state index in [1.807, 2.05) is 27.7 Å². The van der Waals surface area contributed by atoms with E-state index in [0.717, 1.165) is 11.5 Å². The van der Waals surface area contributed by atoms with Gasteiger partial charge in [0.2, 0.25) is 0 Å². The molecule has 0 amide bonds. The van der Waals surface area contributed by atoms with Crippen molar-refractivity contribution in [3.63, 3.8) is 0 Å². The molecule has 0 heterocycles. The fraction of sp³-hybridized carbons (Fsp3) is 0.654. The molecule has 0 fully saturated rings. The first-order valence-electron chi connectivity index (χ1n) is 11.2. The predicted molar refractivity (Wildman–Crippen MR) is 130 cm³/mol. The molecule has 0 aliphatic heterocycles. The summed E-state index contributed by atoms with van der Waals surface area (Å²) in [7, 11) is 0. The van der Waals surface area contributed by atoms with Gasteiger partial charge in [0.1, 0.15) is 0 Å². The molecule has 1 aromatic rings. The van der Waals surface area contributed by atoms with Gasteiger partial charge in [-0.3, -0.25) is 0 Å². The Hall–Kier alpha value is -1.57. The zero-order chi connectivity index (χ0) is 22.8. The van der Waals surface area contributed by atoms with Crippen LogP contribution in [0, 0.1) is 12.8 Å². The zero-order valence-corrected chi connectivity index (χ0v) is 20.5. The second kappa shape index (κ2) is 30.2. The Balaban J connectivity index is -0.000000146. The summed E-state index contributed by atoms with van der Waals surface area (Å²) >= 11 is 0. The van der Waals surface area contributed by atoms with Crippen molar-refractivity contribution in [3.8, 4) is 0 Å². The maximum atomic E-state index is 10.3. The van der Waals surface area contributed by atoms with E-state index in [9.17, 15) is 4.79 Å². The molecule has 2 nitrogen and oxygen atoms in total. The number of benzene rings is 1. The summed E-state index contributed by atoms with van der Waals surface area (Å²) in [6.07, 6.45) is 11.4. The van der Waals surface area contributed by atoms with Crippen LogP contribution in [-0.2, 0) is 0 Å². The van der Waals surface area contributed by atoms with Gasteiger partial charge in [0.05, 0.1) is 5.56 Å². The number of hydrogen-bond donors (Lipinski definition) is 1. The Bertz CT molecular complexity index is 405. The second-order valence-electron chi connectivity index (χ2n) is 6.59. The van der Waals surface area contributed by atoms with Crippen LogP contribution in [0.15, 0.2) is 36.9 Å². The lowest BCUT2D eigenvalue weighted by Gasteiger charge is -2.05. The van der Waals surface area contributed by atoms with E-state index in [4.69, 9.17) is 5.11 Å². The summed E-state index contributed by atoms with van der Waals surface area (Å²) in [5.74, 6) is 0.0801. The first-order valence-corrected chi connectivity index (χ1v) is 11.2. The second-order valence-corrected chi connectivity index (χ2v) is 6.59. The van der Waals surface area contributed by atoms with Crippen molar-refractivity contribution in [1.82, 2.24) is 0 Å². The molecule has 0 saturated carbocycles. The highest BCUT2D eigenvalue weighted by molar-refractivity contribution is 5.87. The monoisotopic (exact) mass is 394 g/mol. The number of carbonyl (C=O) groups is 1. The molecule has 1 N–H and O–H groups in total. The number of unbranched alkanes of at least 4 members (excludes halogenated alkanes) is 3. The van der Waals surface area contributed by atoms with Crippen LogP contribution in [0.2, 0.25) is 0 Å². The summed E-state index contributed by atoms with van der Waals surface area (Å²) in [5, 5.41) is 8.48. The molecule has 0 spiro atoms. The molecular weight excluding hydrogens is 344 g/mol. The van der Waals surface area contributed by atoms with Crippen LogP contribution in [0.3, 0.4) is 0 Å². The van der Waals surface area contributed by atoms with Crippen molar-refractivity contribution >= 4 is 5.97 Å². The molecule has 0 bridgehead atoms. The van der Waals surface area contributed by atoms with Gasteiger partial charge < -0.3 is 5.11 Å². The van der Waals surface area contributed by atoms with Crippen LogP contribution >= 0.6 is 0 Å². The summed E-state index contributed by atoms with van der Waals surface area (Å²) in [6.45, 7) is 22.4. The average Bonchev–Trinajstić information content (AvgIpc) is 2.71. The smallest absolute Gasteiger partial charge is 0.335 e. The molecule has 1 rings (SSSR count). The Morgan fingerprint density at radius 1 is 1.00 bits per heavy atom. The van der Waals surface area contributed by atoms with Crippen LogP contribution in [-0.4, -0.2) is 11.1 Å². The van der Waals surface area contributed by atoms with Crippen molar-refractivity contribution < 1.29 is 9.90 Å². The molecule has 1 atom stereocenters. The van der Waals surface area contributed by atoms with Gasteiger partial charge in [-0.25, -0.2) is 4.79 Å². The molecule has 166 valence electrons. The zero-order valence-electron chi connectivity index (χ0n) is 20.5. The van der Waals surface area contributed by atoms with Gasteiger partial charge in [0.15, 0.2) is 0 Å². The number of rotatable bonds is 7. The highest BCUT2D eigenvalue weighted by atomic mass is 16.4. The van der Waals surface area contributed by atoms with Gasteiger partial charge in [-0.05, 0) is 31.9 Å². The third kappa shape index (κ3) is 32.1. The van der Waals surface area contributed by atoms with Gasteiger partial charge >= 0.3 is 5.97 Å². The van der Waals surface area contributed by atoms with E-state index in [1.165, 1.54) is 44.9 Å². The number of aryl methyl sites for hydroxylation is 1. The highest BCUT2D eigenvalue weighted by Crippen LogP contribution is 2.11. The lowest BCUT2D eigenvalue weighted by molar-refractivity contribution is 0.0697. The molecule has 0 aliphatic rings. The lowest BCUT2D eigenvalue weighted by Crippen LogP contribution is -1.94. The van der Waals surface area contributed by atoms with Gasteiger partial charge in [0.25, 0.3) is 0 Å². The van der Waals surface area contributed by atoms with E-state index >= 15 is 0 Å². The third-order valence-corrected chi connectivity index (χ3v) is 3.80. The molecule has 1 aromatic carbocycles. The van der Waals surface area contributed by atoms with Gasteiger partial charge in [0, 0.05) is 0 Å². The molecule has 0 aliphatic carbocycles. The topological polar surface area (TPSA) is 37.3 Å². The quantitative estimate of drug-likeness (QED) is 0.369. The summed E-state index contributed by atoms with van der Waals surface area (Å²) in [5.41, 5.74) is 1.41. The number of hydrogen-bond acceptors (Lipinski definition) is 1. The van der Waals surface area contributed by atoms with E-state index < -0.39 is 5.97 Å². The van der Waals surface area contributed by atoms with Crippen molar-refractivity contribution in [2.45, 2.75) is 107 Å². The minimum absolute atomic E-state index is 0.339. The third-order valence-electron chi connectivity index (χ3n) is 3.80. The van der Waals surface area contributed by atoms with Crippen molar-refractivity contribution in [2.75, 3.05) is 0 Å². The van der Waals surface area contributed by atoms with Gasteiger partial charge in [-0.15, -0.1) is 6.58 Å². The fourth-order valence-electron chi connectivity index (χ4n) is 1.64. The van der Waals surface area contributed by atoms with E-state index in [0.29, 0.717) is 5.56 Å². The maximum absolute atomic E-state index is 10.3. The van der Waals surface area contributed by atoms with E-state index in [1.54, 1.807) is 30.3 Å². The Morgan fingerprint density at radius 2 is 1.43 bits per heavy atom. The lowest BCUT2D eigenvalue weighted by atomic mass is 10.0. The maximum Gasteiger partial charge on any atom is 0.335 e. The highest BCUT2D eigenvalue weighted by Gasteiger charge is 1.98. The van der Waals surface area contributed by atoms with Crippen molar-refractivity contribution in [3.05, 3.63) is 48.0 Å². The standard InChI is InChI=1S/C9H20.C8H8O2.C4H10.C3H6.C2H6/c1-4-6-7-8-9(3)5-2;1-6-2-4-7(5-3-6)8(9)10;1-3-4-2;1-3-2;1-2/h9H,4-8H2,1-3H3;2-5H,1H3,(H,9,10);3-4H2,1-2H3;3H,1H2,2H3;1-2H3. The largest absolute Gasteiger partial charge is 0.478 e. The molecule has 1 unspecified atom stereocenters. The molecule has 0 aromatic heterocycles. The first kappa shape index (κ1) is 34.0. The van der Waals surface area contributed by atoms with Crippen LogP contribution in [0.25, 0.3) is 0 Å². The van der Waals surface area contributed by atoms with Crippen LogP contribution in [0.1, 0.15) is 116 Å². The van der Waals surface area contributed by atoms with Crippen molar-refractivity contribution in [2.24, 2.45) is 5.92 Å². The Labute approximate surface area is 177 Å². The minimum Gasteiger partial charge on any atom is -0.478 e. The summed E-state index contributed by atoms with van der Waals surface area (Å²) < 4.78 is 0. The summed E-state index contributed by atoms with van der Waals surface area (Å²) in [6, 6.07) is 6.75. The average molecular weight is 395 g/mol. The molecule has 0 saturated heterocycles. The molecule has 28 heavy (non-hydrogen) atoms. The van der Waals surface area contributed by atoms with Crippen LogP contribution in [0.4, 0.5) is 0 Å². The number of carboxylic acid groups (broad SMARTS) is 1. The fourth-order valence-corrected chi connectivity index (χ4v) is 1.64. The van der Waals surface area contributed by atoms with Gasteiger partial charge in [-0.1, -0.05) is 117 Å². The molecule has 0 radical (unpaired) electrons. The number of allylic oxidation sites excluding steroid dienone is 1. The van der Waals surface area contributed by atoms with Crippen LogP contribution < -0.4 is 0 Å². The molecular formula is C26H50O2. The number of aromatic carboxylic acids is 1. The number of carboxylic acids is 1. The van der Waals surface area contributed by atoms with Crippen molar-refractivity contribution in [1.29, 1.82) is 0 Å². The Kier molecular flexibility index (Phi) is 36.6. The first-order chi connectivity index (χ1) is 13.3. The van der Waals surface area contributed by atoms with E-state index in [2.05, 4.69) is 41.2 Å². The van der Waals surface area contributed by atoms with Gasteiger partial charge in [-0.2, -0.15) is 0 Å². The SMILES string of the molecule is C=CC.CC.CCCC.CCCCCC(C)CC.Cc1ccc(C(=O)O)cc1. The van der Waals surface area contributed by atoms with E-state index in [-0.39, 0.29) is 0 Å². The summed E-state index contributed by atoms with van der Waals surface area (Å²) in [4.78, 5) is 10.3. The minimum atomic E-state index is -0.875. The van der Waals surface area contributed by atoms with Crippen LogP contribution in [0.5, 0.6) is 0 Å². The Morgan fingerprint density at radius 3 is 1.71 bits per heavy atom. The molecule has 2 heteroatoms. The normalized spacial score (nSPS) is 9.46.